The minimum atomic E-state index is -0.132. The zero-order valence-corrected chi connectivity index (χ0v) is 14.7. The highest BCUT2D eigenvalue weighted by molar-refractivity contribution is 7.12. The number of imidazole rings is 1. The number of rotatable bonds is 4. The van der Waals surface area contributed by atoms with Crippen molar-refractivity contribution in [2.75, 3.05) is 31.6 Å². The van der Waals surface area contributed by atoms with Crippen molar-refractivity contribution in [1.82, 2.24) is 19.9 Å². The SMILES string of the molecule is Cc1ncsc1C(=O)Nc1ccc2nc(CN3CCOCC3)[nH]c2c1. The fourth-order valence-electron chi connectivity index (χ4n) is 2.89. The molecule has 8 heteroatoms. The highest BCUT2D eigenvalue weighted by Crippen LogP contribution is 2.20. The number of amides is 1. The Labute approximate surface area is 149 Å². The fraction of sp³-hybridized carbons (Fsp3) is 0.353. The molecule has 3 heterocycles. The summed E-state index contributed by atoms with van der Waals surface area (Å²) in [6.45, 7) is 6.00. The van der Waals surface area contributed by atoms with Crippen molar-refractivity contribution in [2.24, 2.45) is 0 Å². The summed E-state index contributed by atoms with van der Waals surface area (Å²) < 4.78 is 5.37. The molecule has 4 rings (SSSR count). The molecule has 2 aromatic heterocycles. The van der Waals surface area contributed by atoms with E-state index in [1.807, 2.05) is 25.1 Å². The number of ether oxygens (including phenoxy) is 1. The zero-order chi connectivity index (χ0) is 17.2. The third kappa shape index (κ3) is 3.55. The maximum Gasteiger partial charge on any atom is 0.267 e. The van der Waals surface area contributed by atoms with Gasteiger partial charge >= 0.3 is 0 Å². The monoisotopic (exact) mass is 357 g/mol. The summed E-state index contributed by atoms with van der Waals surface area (Å²) in [5.74, 6) is 0.797. The third-order valence-corrected chi connectivity index (χ3v) is 5.14. The molecule has 2 N–H and O–H groups in total. The Morgan fingerprint density at radius 2 is 2.24 bits per heavy atom. The van der Waals surface area contributed by atoms with Gasteiger partial charge in [0.25, 0.3) is 5.91 Å². The molecule has 0 bridgehead atoms. The number of thiazole rings is 1. The van der Waals surface area contributed by atoms with Crippen LogP contribution in [-0.2, 0) is 11.3 Å². The zero-order valence-electron chi connectivity index (χ0n) is 13.9. The average Bonchev–Trinajstić information content (AvgIpc) is 3.21. The molecule has 0 radical (unpaired) electrons. The van der Waals surface area contributed by atoms with Crippen molar-refractivity contribution in [1.29, 1.82) is 0 Å². The van der Waals surface area contributed by atoms with Gasteiger partial charge in [0.15, 0.2) is 0 Å². The highest BCUT2D eigenvalue weighted by Gasteiger charge is 2.14. The second-order valence-corrected chi connectivity index (χ2v) is 6.88. The number of aromatic nitrogens is 3. The van der Waals surface area contributed by atoms with Crippen LogP contribution in [0, 0.1) is 6.92 Å². The van der Waals surface area contributed by atoms with Gasteiger partial charge in [-0.3, -0.25) is 9.69 Å². The molecule has 0 saturated carbocycles. The van der Waals surface area contributed by atoms with E-state index < -0.39 is 0 Å². The van der Waals surface area contributed by atoms with E-state index in [0.717, 1.165) is 61.1 Å². The van der Waals surface area contributed by atoms with Crippen LogP contribution >= 0.6 is 11.3 Å². The van der Waals surface area contributed by atoms with E-state index in [4.69, 9.17) is 4.74 Å². The van der Waals surface area contributed by atoms with Crippen LogP contribution in [-0.4, -0.2) is 52.1 Å². The van der Waals surface area contributed by atoms with Gasteiger partial charge in [-0.15, -0.1) is 11.3 Å². The number of hydrogen-bond donors (Lipinski definition) is 2. The minimum Gasteiger partial charge on any atom is -0.379 e. The molecule has 1 aromatic carbocycles. The second-order valence-electron chi connectivity index (χ2n) is 6.02. The first-order valence-corrected chi connectivity index (χ1v) is 9.07. The van der Waals surface area contributed by atoms with Crippen molar-refractivity contribution in [3.8, 4) is 0 Å². The number of carbonyl (C=O) groups is 1. The van der Waals surface area contributed by atoms with Crippen molar-refractivity contribution in [3.05, 3.63) is 40.1 Å². The van der Waals surface area contributed by atoms with Crippen LogP contribution in [0.5, 0.6) is 0 Å². The van der Waals surface area contributed by atoms with Crippen LogP contribution < -0.4 is 5.32 Å². The molecule has 0 spiro atoms. The summed E-state index contributed by atoms with van der Waals surface area (Å²) in [6, 6.07) is 5.71. The smallest absolute Gasteiger partial charge is 0.267 e. The number of aryl methyl sites for hydroxylation is 1. The van der Waals surface area contributed by atoms with Crippen LogP contribution in [0.4, 0.5) is 5.69 Å². The van der Waals surface area contributed by atoms with Gasteiger partial charge < -0.3 is 15.0 Å². The van der Waals surface area contributed by atoms with Gasteiger partial charge in [-0.25, -0.2) is 9.97 Å². The van der Waals surface area contributed by atoms with Gasteiger partial charge in [-0.05, 0) is 25.1 Å². The second kappa shape index (κ2) is 6.91. The summed E-state index contributed by atoms with van der Waals surface area (Å²) in [5.41, 5.74) is 4.99. The van der Waals surface area contributed by atoms with Gasteiger partial charge in [0.05, 0.1) is 42.0 Å². The van der Waals surface area contributed by atoms with Crippen molar-refractivity contribution in [2.45, 2.75) is 13.5 Å². The van der Waals surface area contributed by atoms with E-state index >= 15 is 0 Å². The molecule has 1 aliphatic heterocycles. The van der Waals surface area contributed by atoms with Crippen molar-refractivity contribution >= 4 is 34.0 Å². The lowest BCUT2D eigenvalue weighted by Gasteiger charge is -2.25. The minimum absolute atomic E-state index is 0.132. The van der Waals surface area contributed by atoms with E-state index in [2.05, 4.69) is 25.2 Å². The Kier molecular flexibility index (Phi) is 4.48. The highest BCUT2D eigenvalue weighted by atomic mass is 32.1. The number of anilines is 1. The molecule has 1 amide bonds. The number of hydrogen-bond acceptors (Lipinski definition) is 6. The maximum absolute atomic E-state index is 12.3. The standard InChI is InChI=1S/C17H19N5O2S/c1-11-16(25-10-18-11)17(23)19-12-2-3-13-14(8-12)21-15(20-13)9-22-4-6-24-7-5-22/h2-3,8,10H,4-7,9H2,1H3,(H,19,23)(H,20,21). The maximum atomic E-state index is 12.3. The van der Waals surface area contributed by atoms with Gasteiger partial charge in [0.1, 0.15) is 10.7 Å². The Balaban J connectivity index is 1.50. The van der Waals surface area contributed by atoms with Gasteiger partial charge in [0, 0.05) is 18.8 Å². The van der Waals surface area contributed by atoms with E-state index in [-0.39, 0.29) is 5.91 Å². The molecule has 130 valence electrons. The van der Waals surface area contributed by atoms with Crippen LogP contribution in [0.2, 0.25) is 0 Å². The summed E-state index contributed by atoms with van der Waals surface area (Å²) in [7, 11) is 0. The Morgan fingerprint density at radius 3 is 3.00 bits per heavy atom. The predicted molar refractivity (Wildman–Crippen MR) is 97.0 cm³/mol. The molecule has 1 saturated heterocycles. The summed E-state index contributed by atoms with van der Waals surface area (Å²) in [5, 5.41) is 2.92. The number of fused-ring (bicyclic) bond motifs is 1. The van der Waals surface area contributed by atoms with Crippen LogP contribution in [0.15, 0.2) is 23.7 Å². The molecule has 0 unspecified atom stereocenters. The Morgan fingerprint density at radius 1 is 1.40 bits per heavy atom. The van der Waals surface area contributed by atoms with E-state index in [0.29, 0.717) is 4.88 Å². The number of benzene rings is 1. The van der Waals surface area contributed by atoms with E-state index in [1.54, 1.807) is 5.51 Å². The normalized spacial score (nSPS) is 15.6. The quantitative estimate of drug-likeness (QED) is 0.749. The number of nitrogens with one attached hydrogen (secondary N) is 2. The van der Waals surface area contributed by atoms with Crippen LogP contribution in [0.3, 0.4) is 0 Å². The molecular formula is C17H19N5O2S. The molecule has 1 aliphatic rings. The van der Waals surface area contributed by atoms with Crippen LogP contribution in [0.25, 0.3) is 11.0 Å². The number of carbonyl (C=O) groups excluding carboxylic acids is 1. The Hall–Kier alpha value is -2.29. The first-order valence-electron chi connectivity index (χ1n) is 8.19. The van der Waals surface area contributed by atoms with E-state index in [9.17, 15) is 4.79 Å². The summed E-state index contributed by atoms with van der Waals surface area (Å²) in [4.78, 5) is 27.4. The topological polar surface area (TPSA) is 83.1 Å². The average molecular weight is 357 g/mol. The fourth-order valence-corrected chi connectivity index (χ4v) is 3.59. The van der Waals surface area contributed by atoms with Crippen molar-refractivity contribution < 1.29 is 9.53 Å². The largest absolute Gasteiger partial charge is 0.379 e. The first-order chi connectivity index (χ1) is 12.2. The molecular weight excluding hydrogens is 338 g/mol. The molecule has 3 aromatic rings. The number of nitrogens with zero attached hydrogens (tertiary/aromatic N) is 3. The lowest BCUT2D eigenvalue weighted by atomic mass is 10.2. The predicted octanol–water partition coefficient (Wildman–Crippen LogP) is 2.41. The lowest BCUT2D eigenvalue weighted by Crippen LogP contribution is -2.35. The van der Waals surface area contributed by atoms with Crippen LogP contribution in [0.1, 0.15) is 21.2 Å². The number of morpholine rings is 1. The first kappa shape index (κ1) is 16.2. The van der Waals surface area contributed by atoms with Gasteiger partial charge in [-0.2, -0.15) is 0 Å². The van der Waals surface area contributed by atoms with Gasteiger partial charge in [0.2, 0.25) is 0 Å². The van der Waals surface area contributed by atoms with Gasteiger partial charge in [-0.1, -0.05) is 0 Å². The molecule has 7 nitrogen and oxygen atoms in total. The lowest BCUT2D eigenvalue weighted by molar-refractivity contribution is 0.0332. The summed E-state index contributed by atoms with van der Waals surface area (Å²) >= 11 is 1.35. The molecule has 25 heavy (non-hydrogen) atoms. The Bertz CT molecular complexity index is 897. The molecule has 0 atom stereocenters. The number of aromatic amines is 1. The summed E-state index contributed by atoms with van der Waals surface area (Å²) in [6.07, 6.45) is 0. The number of H-pyrrole nitrogens is 1. The third-order valence-electron chi connectivity index (χ3n) is 4.22. The molecule has 0 aliphatic carbocycles. The molecule has 1 fully saturated rings. The van der Waals surface area contributed by atoms with Crippen molar-refractivity contribution in [3.63, 3.8) is 0 Å². The van der Waals surface area contributed by atoms with E-state index in [1.165, 1.54) is 11.3 Å².